The van der Waals surface area contributed by atoms with E-state index in [1.165, 1.54) is 23.6 Å². The molecule has 4 aromatic rings. The Balaban J connectivity index is -0.00000400. The van der Waals surface area contributed by atoms with Gasteiger partial charge >= 0.3 is 0 Å². The number of aliphatic hydroxyl groups is 1. The number of hydrogen-bond donors (Lipinski definition) is 3. The number of ether oxygens (including phenoxy) is 2. The summed E-state index contributed by atoms with van der Waals surface area (Å²) < 4.78 is 11.7. The molecule has 0 unspecified atom stereocenters. The third-order valence-electron chi connectivity index (χ3n) is 7.24. The van der Waals surface area contributed by atoms with Gasteiger partial charge < -0.3 is 46.7 Å². The molecule has 11 N–H and O–H groups in total. The summed E-state index contributed by atoms with van der Waals surface area (Å²) in [6.45, 7) is 9.85. The maximum absolute atomic E-state index is 10.4. The zero-order chi connectivity index (χ0) is 32.9. The summed E-state index contributed by atoms with van der Waals surface area (Å²) in [5.74, 6) is 2.44. The van der Waals surface area contributed by atoms with Gasteiger partial charge in [0.1, 0.15) is 36.2 Å². The fourth-order valence-corrected chi connectivity index (χ4v) is 4.87. The van der Waals surface area contributed by atoms with E-state index in [9.17, 15) is 15.3 Å². The molecule has 0 saturated heterocycles. The first-order chi connectivity index (χ1) is 22.1. The summed E-state index contributed by atoms with van der Waals surface area (Å²) in [6, 6.07) is 26.9. The van der Waals surface area contributed by atoms with Gasteiger partial charge in [-0.05, 0) is 71.2 Å². The van der Waals surface area contributed by atoms with Crippen LogP contribution in [0.5, 0.6) is 23.0 Å². The second kappa shape index (κ2) is 26.9. The number of phenolic OH excluding ortho intramolecular Hbond substituents is 2. The topological polar surface area (TPSA) is 230 Å². The molecule has 4 rings (SSSR count). The largest absolute Gasteiger partial charge is 0.507 e. The van der Waals surface area contributed by atoms with Crippen molar-refractivity contribution in [3.63, 3.8) is 0 Å². The van der Waals surface area contributed by atoms with Crippen molar-refractivity contribution < 1.29 is 80.8 Å². The van der Waals surface area contributed by atoms with Gasteiger partial charge in [0, 0.05) is 69.8 Å². The fourth-order valence-electron chi connectivity index (χ4n) is 4.87. The van der Waals surface area contributed by atoms with Crippen molar-refractivity contribution in [3.05, 3.63) is 118 Å². The van der Waals surface area contributed by atoms with Crippen molar-refractivity contribution >= 4 is 12.4 Å². The van der Waals surface area contributed by atoms with Crippen LogP contribution >= 0.6 is 0 Å². The standard InChI is InChI=1S/C39H46N2O5.2Cu.4H2O/c1-27(2)17-29-5-9-31(10-6-29)25-45-36-15-13-33(38(43)19-36)21-40-23-35(42)24-41-22-34-14-16-37(20-39(34)44)46-26-32-11-7-30(8-12-32)18-28(3)4;;;;;;/h5-16,19-22,27-28,35,42-44H,17-18,23-26H2,1-4H3;;;4*1H2. The number of hydrogen-bond acceptors (Lipinski definition) is 7. The molecule has 0 amide bonds. The zero-order valence-electron chi connectivity index (χ0n) is 29.9. The van der Waals surface area contributed by atoms with E-state index in [-0.39, 0.29) is 80.6 Å². The second-order valence-electron chi connectivity index (χ2n) is 12.5. The van der Waals surface area contributed by atoms with Crippen LogP contribution in [0.2, 0.25) is 0 Å². The summed E-state index contributed by atoms with van der Waals surface area (Å²) in [4.78, 5) is 8.51. The van der Waals surface area contributed by atoms with E-state index in [0.29, 0.717) is 47.7 Å². The molecule has 0 aromatic heterocycles. The molecule has 2 radical (unpaired) electrons. The molecule has 52 heavy (non-hydrogen) atoms. The average molecular weight is 822 g/mol. The monoisotopic (exact) mass is 820 g/mol. The van der Waals surface area contributed by atoms with Crippen LogP contribution in [-0.2, 0) is 60.2 Å². The van der Waals surface area contributed by atoms with Gasteiger partial charge in [0.2, 0.25) is 0 Å². The second-order valence-corrected chi connectivity index (χ2v) is 12.5. The minimum Gasteiger partial charge on any atom is -0.507 e. The van der Waals surface area contributed by atoms with Gasteiger partial charge in [-0.25, -0.2) is 0 Å². The van der Waals surface area contributed by atoms with E-state index >= 15 is 0 Å². The minimum absolute atomic E-state index is 0. The Morgan fingerprint density at radius 1 is 0.538 bits per heavy atom. The third-order valence-corrected chi connectivity index (χ3v) is 7.24. The molecular formula is C39H54Cu2N2O9. The maximum Gasteiger partial charge on any atom is 0.128 e. The molecule has 0 aliphatic carbocycles. The number of rotatable bonds is 16. The van der Waals surface area contributed by atoms with E-state index in [1.807, 2.05) is 0 Å². The van der Waals surface area contributed by atoms with Gasteiger partial charge in [-0.15, -0.1) is 0 Å². The number of benzene rings is 4. The minimum atomic E-state index is -0.819. The Labute approximate surface area is 328 Å². The van der Waals surface area contributed by atoms with Gasteiger partial charge in [-0.3, -0.25) is 9.98 Å². The van der Waals surface area contributed by atoms with Crippen LogP contribution in [0, 0.1) is 11.8 Å². The number of nitrogens with zero attached hydrogens (tertiary/aromatic N) is 2. The SMILES string of the molecule is CC(C)Cc1ccc(COc2ccc(C=NCC(O)CN=Cc3ccc(OCc4ccc(CC(C)C)cc4)cc3O)c(O)c2)cc1.O.O.O.O.[Cu].[Cu]. The molecule has 0 bridgehead atoms. The Hall–Kier alpha value is -3.74. The molecule has 0 spiro atoms. The molecular weight excluding hydrogens is 768 g/mol. The van der Waals surface area contributed by atoms with Gasteiger partial charge in [0.15, 0.2) is 0 Å². The first-order valence-corrected chi connectivity index (χ1v) is 15.9. The molecule has 11 nitrogen and oxygen atoms in total. The van der Waals surface area contributed by atoms with Crippen LogP contribution < -0.4 is 9.47 Å². The van der Waals surface area contributed by atoms with Gasteiger partial charge in [-0.1, -0.05) is 76.2 Å². The van der Waals surface area contributed by atoms with Crippen LogP contribution in [0.15, 0.2) is 94.9 Å². The summed E-state index contributed by atoms with van der Waals surface area (Å²) in [7, 11) is 0. The van der Waals surface area contributed by atoms with Crippen molar-refractivity contribution in [1.29, 1.82) is 0 Å². The smallest absolute Gasteiger partial charge is 0.128 e. The zero-order valence-corrected chi connectivity index (χ0v) is 31.8. The van der Waals surface area contributed by atoms with Gasteiger partial charge in [0.25, 0.3) is 0 Å². The predicted molar refractivity (Wildman–Crippen MR) is 200 cm³/mol. The van der Waals surface area contributed by atoms with Crippen LogP contribution in [0.1, 0.15) is 61.1 Å². The third kappa shape index (κ3) is 18.1. The molecule has 296 valence electrons. The number of aliphatic imine (C=N–C) groups is 2. The average Bonchev–Trinajstić information content (AvgIpc) is 3.02. The predicted octanol–water partition coefficient (Wildman–Crippen LogP) is 4.25. The summed E-state index contributed by atoms with van der Waals surface area (Å²) in [6.07, 6.45) is 4.31. The molecule has 4 aromatic carbocycles. The summed E-state index contributed by atoms with van der Waals surface area (Å²) >= 11 is 0. The Morgan fingerprint density at radius 2 is 0.865 bits per heavy atom. The van der Waals surface area contributed by atoms with Crippen molar-refractivity contribution in [1.82, 2.24) is 0 Å². The van der Waals surface area contributed by atoms with Crippen molar-refractivity contribution in [3.8, 4) is 23.0 Å². The number of aromatic hydroxyl groups is 2. The maximum atomic E-state index is 10.4. The Kier molecular flexibility index (Phi) is 27.3. The van der Waals surface area contributed by atoms with Gasteiger partial charge in [-0.2, -0.15) is 0 Å². The molecule has 0 aliphatic heterocycles. The first-order valence-electron chi connectivity index (χ1n) is 15.9. The van der Waals surface area contributed by atoms with E-state index in [0.717, 1.165) is 24.0 Å². The molecule has 13 heteroatoms. The van der Waals surface area contributed by atoms with Crippen molar-refractivity contribution in [2.75, 3.05) is 13.1 Å². The fraction of sp³-hybridized carbons (Fsp3) is 0.333. The number of aliphatic hydroxyl groups excluding tert-OH is 1. The first kappa shape index (κ1) is 52.6. The summed E-state index contributed by atoms with van der Waals surface area (Å²) in [5.41, 5.74) is 5.78. The summed E-state index contributed by atoms with van der Waals surface area (Å²) in [5, 5.41) is 31.2. The van der Waals surface area contributed by atoms with E-state index in [1.54, 1.807) is 36.4 Å². The molecule has 0 fully saturated rings. The van der Waals surface area contributed by atoms with Crippen LogP contribution in [0.4, 0.5) is 0 Å². The Morgan fingerprint density at radius 3 is 1.17 bits per heavy atom. The van der Waals surface area contributed by atoms with E-state index in [4.69, 9.17) is 9.47 Å². The molecule has 0 atom stereocenters. The quantitative estimate of drug-likeness (QED) is 0.111. The van der Waals surface area contributed by atoms with Gasteiger partial charge in [0.05, 0.1) is 19.2 Å². The van der Waals surface area contributed by atoms with Crippen LogP contribution in [0.3, 0.4) is 0 Å². The normalized spacial score (nSPS) is 11.0. The van der Waals surface area contributed by atoms with Crippen molar-refractivity contribution in [2.45, 2.75) is 59.9 Å². The van der Waals surface area contributed by atoms with E-state index in [2.05, 4.69) is 86.2 Å². The van der Waals surface area contributed by atoms with Crippen LogP contribution in [0.25, 0.3) is 0 Å². The molecule has 0 saturated carbocycles. The number of phenols is 2. The van der Waals surface area contributed by atoms with Crippen LogP contribution in [-0.4, -0.2) is 68.8 Å². The molecule has 0 heterocycles. The Bertz CT molecular complexity index is 1480. The van der Waals surface area contributed by atoms with Crippen molar-refractivity contribution in [2.24, 2.45) is 21.8 Å². The van der Waals surface area contributed by atoms with E-state index < -0.39 is 6.10 Å². The molecule has 0 aliphatic rings.